The largest absolute Gasteiger partial charge is 0.497 e. The van der Waals surface area contributed by atoms with Crippen molar-refractivity contribution in [3.8, 4) is 5.75 Å². The topological polar surface area (TPSA) is 63.0 Å². The van der Waals surface area contributed by atoms with E-state index in [2.05, 4.69) is 30.0 Å². The maximum absolute atomic E-state index is 13.1. The van der Waals surface area contributed by atoms with E-state index >= 15 is 0 Å². The molecular weight excluding hydrogens is 368 g/mol. The van der Waals surface area contributed by atoms with Crippen LogP contribution in [0.15, 0.2) is 57.7 Å². The Morgan fingerprint density at radius 1 is 1.07 bits per heavy atom. The van der Waals surface area contributed by atoms with Crippen LogP contribution in [0.4, 0.5) is 0 Å². The normalized spacial score (nSPS) is 14.9. The van der Waals surface area contributed by atoms with E-state index in [4.69, 9.17) is 9.15 Å². The van der Waals surface area contributed by atoms with E-state index in [1.165, 1.54) is 17.2 Å². The highest BCUT2D eigenvalue weighted by Gasteiger charge is 2.24. The highest BCUT2D eigenvalue weighted by molar-refractivity contribution is 6.05. The molecule has 0 bridgehead atoms. The molecule has 0 N–H and O–H groups in total. The maximum atomic E-state index is 13.1. The Labute approximate surface area is 169 Å². The number of hydrogen-bond donors (Lipinski definition) is 0. The minimum atomic E-state index is -0.535. The molecule has 0 unspecified atom stereocenters. The molecule has 1 saturated heterocycles. The van der Waals surface area contributed by atoms with Gasteiger partial charge in [0.1, 0.15) is 11.3 Å². The molecule has 3 aromatic rings. The zero-order valence-electron chi connectivity index (χ0n) is 16.7. The molecule has 1 aliphatic rings. The number of aryl methyl sites for hydroxylation is 1. The maximum Gasteiger partial charge on any atom is 0.337 e. The van der Waals surface area contributed by atoms with Crippen LogP contribution in [0.1, 0.15) is 21.5 Å². The molecule has 2 aromatic carbocycles. The first-order chi connectivity index (χ1) is 14.0. The fraction of sp³-hybridized carbons (Fsp3) is 0.304. The second-order valence-electron chi connectivity index (χ2n) is 7.34. The first-order valence-electron chi connectivity index (χ1n) is 9.73. The van der Waals surface area contributed by atoms with Gasteiger partial charge in [-0.05, 0) is 30.2 Å². The summed E-state index contributed by atoms with van der Waals surface area (Å²) in [6.07, 6.45) is 0. The van der Waals surface area contributed by atoms with E-state index in [0.717, 1.165) is 19.6 Å². The van der Waals surface area contributed by atoms with Crippen molar-refractivity contribution < 1.29 is 13.9 Å². The molecule has 6 nitrogen and oxygen atoms in total. The van der Waals surface area contributed by atoms with Crippen molar-refractivity contribution in [2.45, 2.75) is 13.5 Å². The molecule has 2 heterocycles. The SMILES string of the molecule is COc1ccc2c(C(=O)N3CCN(Cc4ccccc4C)CC3)cc(=O)oc2c1. The first kappa shape index (κ1) is 19.2. The van der Waals surface area contributed by atoms with Gasteiger partial charge in [-0.2, -0.15) is 0 Å². The number of piperazine rings is 1. The van der Waals surface area contributed by atoms with Crippen molar-refractivity contribution in [2.24, 2.45) is 0 Å². The Hall–Kier alpha value is -3.12. The van der Waals surface area contributed by atoms with Crippen LogP contribution in [0, 0.1) is 6.92 Å². The zero-order valence-corrected chi connectivity index (χ0v) is 16.7. The summed E-state index contributed by atoms with van der Waals surface area (Å²) in [5, 5.41) is 0.623. The van der Waals surface area contributed by atoms with Crippen LogP contribution in [0.3, 0.4) is 0 Å². The lowest BCUT2D eigenvalue weighted by Gasteiger charge is -2.35. The minimum absolute atomic E-state index is 0.136. The van der Waals surface area contributed by atoms with Gasteiger partial charge in [-0.3, -0.25) is 9.69 Å². The van der Waals surface area contributed by atoms with Gasteiger partial charge in [0.15, 0.2) is 0 Å². The summed E-state index contributed by atoms with van der Waals surface area (Å²) in [5.41, 5.74) is 2.80. The Bertz CT molecular complexity index is 1100. The molecule has 1 aliphatic heterocycles. The summed E-state index contributed by atoms with van der Waals surface area (Å²) in [6, 6.07) is 14.8. The number of rotatable bonds is 4. The molecule has 4 rings (SSSR count). The molecule has 1 amide bonds. The van der Waals surface area contributed by atoms with E-state index in [9.17, 15) is 9.59 Å². The third-order valence-electron chi connectivity index (χ3n) is 5.50. The summed E-state index contributed by atoms with van der Waals surface area (Å²) in [7, 11) is 1.55. The molecular formula is C23H24N2O4. The van der Waals surface area contributed by atoms with Gasteiger partial charge < -0.3 is 14.1 Å². The highest BCUT2D eigenvalue weighted by atomic mass is 16.5. The summed E-state index contributed by atoms with van der Waals surface area (Å²) in [5.74, 6) is 0.443. The van der Waals surface area contributed by atoms with Gasteiger partial charge in [0, 0.05) is 50.2 Å². The average Bonchev–Trinajstić information content (AvgIpc) is 2.74. The molecule has 1 fully saturated rings. The molecule has 0 saturated carbocycles. The lowest BCUT2D eigenvalue weighted by molar-refractivity contribution is 0.0629. The Morgan fingerprint density at radius 2 is 1.83 bits per heavy atom. The van der Waals surface area contributed by atoms with E-state index in [0.29, 0.717) is 35.4 Å². The fourth-order valence-corrected chi connectivity index (χ4v) is 3.75. The van der Waals surface area contributed by atoms with Crippen LogP contribution in [0.5, 0.6) is 5.75 Å². The van der Waals surface area contributed by atoms with Crippen molar-refractivity contribution in [1.29, 1.82) is 0 Å². The van der Waals surface area contributed by atoms with Crippen LogP contribution >= 0.6 is 0 Å². The second-order valence-corrected chi connectivity index (χ2v) is 7.34. The zero-order chi connectivity index (χ0) is 20.4. The van der Waals surface area contributed by atoms with Gasteiger partial charge in [0.25, 0.3) is 5.91 Å². The minimum Gasteiger partial charge on any atom is -0.497 e. The summed E-state index contributed by atoms with van der Waals surface area (Å²) in [6.45, 7) is 5.86. The first-order valence-corrected chi connectivity index (χ1v) is 9.73. The van der Waals surface area contributed by atoms with Crippen LogP contribution in [0.2, 0.25) is 0 Å². The molecule has 0 aliphatic carbocycles. The third kappa shape index (κ3) is 4.03. The number of amides is 1. The van der Waals surface area contributed by atoms with Crippen molar-refractivity contribution >= 4 is 16.9 Å². The standard InChI is InChI=1S/C23H24N2O4/c1-16-5-3-4-6-17(16)15-24-9-11-25(12-10-24)23(27)20-14-22(26)29-21-13-18(28-2)7-8-19(20)21/h3-8,13-14H,9-12,15H2,1-2H3. The summed E-state index contributed by atoms with van der Waals surface area (Å²) in [4.78, 5) is 29.3. The summed E-state index contributed by atoms with van der Waals surface area (Å²) < 4.78 is 10.4. The molecule has 0 radical (unpaired) electrons. The Balaban J connectivity index is 1.50. The molecule has 1 aromatic heterocycles. The number of benzene rings is 2. The van der Waals surface area contributed by atoms with Crippen molar-refractivity contribution in [3.63, 3.8) is 0 Å². The van der Waals surface area contributed by atoms with Gasteiger partial charge in [-0.1, -0.05) is 24.3 Å². The monoisotopic (exact) mass is 392 g/mol. The molecule has 0 atom stereocenters. The van der Waals surface area contributed by atoms with E-state index in [1.54, 1.807) is 25.3 Å². The number of ether oxygens (including phenoxy) is 1. The highest BCUT2D eigenvalue weighted by Crippen LogP contribution is 2.24. The number of carbonyl (C=O) groups excluding carboxylic acids is 1. The molecule has 29 heavy (non-hydrogen) atoms. The molecule has 0 spiro atoms. The predicted molar refractivity (Wildman–Crippen MR) is 111 cm³/mol. The average molecular weight is 392 g/mol. The lowest BCUT2D eigenvalue weighted by Crippen LogP contribution is -2.48. The Kier molecular flexibility index (Phi) is 5.36. The van der Waals surface area contributed by atoms with E-state index in [1.807, 2.05) is 11.0 Å². The van der Waals surface area contributed by atoms with Gasteiger partial charge >= 0.3 is 5.63 Å². The summed E-state index contributed by atoms with van der Waals surface area (Å²) >= 11 is 0. The number of fused-ring (bicyclic) bond motifs is 1. The number of hydrogen-bond acceptors (Lipinski definition) is 5. The van der Waals surface area contributed by atoms with Crippen LogP contribution in [-0.4, -0.2) is 49.0 Å². The van der Waals surface area contributed by atoms with Gasteiger partial charge in [0.05, 0.1) is 12.7 Å². The van der Waals surface area contributed by atoms with Gasteiger partial charge in [-0.25, -0.2) is 4.79 Å². The van der Waals surface area contributed by atoms with Crippen LogP contribution in [0.25, 0.3) is 11.0 Å². The van der Waals surface area contributed by atoms with Crippen molar-refractivity contribution in [2.75, 3.05) is 33.3 Å². The van der Waals surface area contributed by atoms with Crippen LogP contribution < -0.4 is 10.4 Å². The van der Waals surface area contributed by atoms with Gasteiger partial charge in [-0.15, -0.1) is 0 Å². The van der Waals surface area contributed by atoms with Crippen LogP contribution in [-0.2, 0) is 6.54 Å². The molecule has 150 valence electrons. The quantitative estimate of drug-likeness (QED) is 0.639. The smallest absolute Gasteiger partial charge is 0.337 e. The number of nitrogens with zero attached hydrogens (tertiary/aromatic N) is 2. The van der Waals surface area contributed by atoms with E-state index in [-0.39, 0.29) is 5.91 Å². The van der Waals surface area contributed by atoms with E-state index < -0.39 is 5.63 Å². The second kappa shape index (κ2) is 8.09. The fourth-order valence-electron chi connectivity index (χ4n) is 3.75. The number of carbonyl (C=O) groups is 1. The molecule has 6 heteroatoms. The van der Waals surface area contributed by atoms with Crippen molar-refractivity contribution in [1.82, 2.24) is 9.80 Å². The number of methoxy groups -OCH3 is 1. The Morgan fingerprint density at radius 3 is 2.55 bits per heavy atom. The van der Waals surface area contributed by atoms with Crippen molar-refractivity contribution in [3.05, 3.63) is 75.6 Å². The predicted octanol–water partition coefficient (Wildman–Crippen LogP) is 3.07. The lowest BCUT2D eigenvalue weighted by atomic mass is 10.1. The van der Waals surface area contributed by atoms with Gasteiger partial charge in [0.2, 0.25) is 0 Å². The third-order valence-corrected chi connectivity index (χ3v) is 5.50.